The number of amides is 6. The van der Waals surface area contributed by atoms with E-state index in [4.69, 9.17) is 9.52 Å². The fourth-order valence-corrected chi connectivity index (χ4v) is 6.25. The van der Waals surface area contributed by atoms with E-state index in [2.05, 4.69) is 21.3 Å². The number of hydrogen-bond donors (Lipinski definition) is 5. The smallest absolute Gasteiger partial charge is 0.336 e. The van der Waals surface area contributed by atoms with Gasteiger partial charge in [0.2, 0.25) is 35.4 Å². The monoisotopic (exact) mass is 696 g/mol. The summed E-state index contributed by atoms with van der Waals surface area (Å²) in [5.74, 6) is -4.27. The second kappa shape index (κ2) is 16.9. The molecule has 6 amide bonds. The molecule has 270 valence electrons. The summed E-state index contributed by atoms with van der Waals surface area (Å²) in [6.45, 7) is 5.32. The number of carbonyl (C=O) groups excluding carboxylic acids is 6. The van der Waals surface area contributed by atoms with Gasteiger partial charge in [-0.15, -0.1) is 0 Å². The van der Waals surface area contributed by atoms with Crippen molar-refractivity contribution in [1.82, 2.24) is 25.8 Å². The average molecular weight is 697 g/mol. The molecule has 4 rings (SSSR count). The zero-order chi connectivity index (χ0) is 36.5. The van der Waals surface area contributed by atoms with E-state index in [1.54, 1.807) is 25.1 Å². The summed E-state index contributed by atoms with van der Waals surface area (Å²) in [5.41, 5.74) is 0.959. The van der Waals surface area contributed by atoms with E-state index < -0.39 is 78.3 Å². The molecule has 3 heterocycles. The van der Waals surface area contributed by atoms with Gasteiger partial charge in [-0.2, -0.15) is 0 Å². The average Bonchev–Trinajstić information content (AvgIpc) is 3.75. The number of likely N-dealkylation sites (tertiary alicyclic amines) is 2. The molecular formula is C34H44N6O10. The molecule has 2 saturated heterocycles. The molecule has 1 aromatic carbocycles. The van der Waals surface area contributed by atoms with Crippen LogP contribution in [0.2, 0.25) is 0 Å². The van der Waals surface area contributed by atoms with Gasteiger partial charge in [0.05, 0.1) is 19.5 Å². The minimum Gasteiger partial charge on any atom is -0.481 e. The van der Waals surface area contributed by atoms with E-state index in [-0.39, 0.29) is 31.7 Å². The van der Waals surface area contributed by atoms with Crippen LogP contribution in [0.15, 0.2) is 33.5 Å². The van der Waals surface area contributed by atoms with Gasteiger partial charge in [-0.1, -0.05) is 13.8 Å². The van der Waals surface area contributed by atoms with Crippen LogP contribution in [0.5, 0.6) is 0 Å². The molecule has 0 unspecified atom stereocenters. The number of nitrogens with one attached hydrogen (secondary N) is 4. The van der Waals surface area contributed by atoms with Crippen LogP contribution < -0.4 is 26.9 Å². The predicted molar refractivity (Wildman–Crippen MR) is 180 cm³/mol. The maximum Gasteiger partial charge on any atom is 0.336 e. The summed E-state index contributed by atoms with van der Waals surface area (Å²) in [4.78, 5) is 103. The second-order valence-corrected chi connectivity index (χ2v) is 13.0. The van der Waals surface area contributed by atoms with Crippen molar-refractivity contribution in [3.63, 3.8) is 0 Å². The lowest BCUT2D eigenvalue weighted by atomic mass is 10.0. The SMILES string of the molecule is Cc1cc(=O)oc2cc(NC(=O)[C@@H]3CCCN3C(=O)CNC(=O)[C@@H](CC(C)C)NC(=O)[C@H]3CCCN3C(=O)CNC(=O)CCC(=O)O)ccc12. The van der Waals surface area contributed by atoms with Gasteiger partial charge < -0.3 is 40.6 Å². The van der Waals surface area contributed by atoms with Crippen LogP contribution in [-0.2, 0) is 33.6 Å². The van der Waals surface area contributed by atoms with Gasteiger partial charge in [0, 0.05) is 42.7 Å². The molecule has 16 nitrogen and oxygen atoms in total. The molecule has 0 radical (unpaired) electrons. The summed E-state index contributed by atoms with van der Waals surface area (Å²) < 4.78 is 5.26. The molecule has 0 saturated carbocycles. The number of nitrogens with zero attached hydrogens (tertiary/aromatic N) is 2. The molecule has 16 heteroatoms. The first-order chi connectivity index (χ1) is 23.7. The van der Waals surface area contributed by atoms with E-state index in [0.717, 1.165) is 10.9 Å². The second-order valence-electron chi connectivity index (χ2n) is 13.0. The Morgan fingerprint density at radius 1 is 0.880 bits per heavy atom. The molecule has 2 fully saturated rings. The highest BCUT2D eigenvalue weighted by molar-refractivity contribution is 6.00. The Kier molecular flexibility index (Phi) is 12.7. The number of anilines is 1. The van der Waals surface area contributed by atoms with Gasteiger partial charge in [0.1, 0.15) is 23.7 Å². The van der Waals surface area contributed by atoms with Gasteiger partial charge in [-0.3, -0.25) is 33.6 Å². The molecule has 1 aromatic heterocycles. The van der Waals surface area contributed by atoms with E-state index in [1.807, 2.05) is 13.8 Å². The van der Waals surface area contributed by atoms with Crippen molar-refractivity contribution in [1.29, 1.82) is 0 Å². The fraction of sp³-hybridized carbons (Fsp3) is 0.529. The van der Waals surface area contributed by atoms with Gasteiger partial charge in [0.25, 0.3) is 0 Å². The van der Waals surface area contributed by atoms with Gasteiger partial charge in [-0.05, 0) is 62.6 Å². The number of fused-ring (bicyclic) bond motifs is 1. The number of hydrogen-bond acceptors (Lipinski definition) is 9. The van der Waals surface area contributed by atoms with Gasteiger partial charge >= 0.3 is 11.6 Å². The number of benzene rings is 1. The maximum absolute atomic E-state index is 13.3. The molecule has 0 spiro atoms. The Balaban J connectivity index is 1.32. The fourth-order valence-electron chi connectivity index (χ4n) is 6.25. The normalized spacial score (nSPS) is 17.8. The molecule has 0 bridgehead atoms. The molecule has 2 aliphatic heterocycles. The summed E-state index contributed by atoms with van der Waals surface area (Å²) in [5, 5.41) is 19.9. The highest BCUT2D eigenvalue weighted by atomic mass is 16.4. The van der Waals surface area contributed by atoms with Gasteiger partial charge in [-0.25, -0.2) is 4.79 Å². The lowest BCUT2D eigenvalue weighted by molar-refractivity contribution is -0.140. The topological polar surface area (TPSA) is 225 Å². The first kappa shape index (κ1) is 37.5. The highest BCUT2D eigenvalue weighted by Crippen LogP contribution is 2.23. The predicted octanol–water partition coefficient (Wildman–Crippen LogP) is 0.650. The van der Waals surface area contributed by atoms with Crippen LogP contribution in [0, 0.1) is 12.8 Å². The van der Waals surface area contributed by atoms with Crippen LogP contribution in [0.4, 0.5) is 5.69 Å². The van der Waals surface area contributed by atoms with Crippen molar-refractivity contribution in [2.24, 2.45) is 5.92 Å². The number of aryl methyl sites for hydroxylation is 1. The van der Waals surface area contributed by atoms with Crippen molar-refractivity contribution in [2.45, 2.75) is 83.8 Å². The molecule has 3 atom stereocenters. The maximum atomic E-state index is 13.3. The molecule has 0 aliphatic carbocycles. The molecule has 5 N–H and O–H groups in total. The third-order valence-corrected chi connectivity index (χ3v) is 8.73. The van der Waals surface area contributed by atoms with Crippen LogP contribution in [0.1, 0.15) is 64.4 Å². The summed E-state index contributed by atoms with van der Waals surface area (Å²) in [7, 11) is 0. The van der Waals surface area contributed by atoms with Crippen LogP contribution in [-0.4, -0.2) is 101 Å². The standard InChI is InChI=1S/C34H44N6O10/c1-19(2)14-23(38-34(49)25-7-5-13-40(25)28(42)17-35-27(41)10-11-30(44)45)32(47)36-18-29(43)39-12-4-6-24(39)33(48)37-21-8-9-22-20(3)15-31(46)50-26(22)16-21/h8-9,15-16,19,23-25H,4-7,10-14,17-18H2,1-3H3,(H,35,41)(H,36,47)(H,37,48)(H,38,49)(H,44,45)/t23-,24+,25-/m1/s1. The zero-order valence-electron chi connectivity index (χ0n) is 28.4. The number of rotatable bonds is 14. The lowest BCUT2D eigenvalue weighted by Gasteiger charge is -2.27. The Morgan fingerprint density at radius 2 is 1.50 bits per heavy atom. The van der Waals surface area contributed by atoms with Crippen LogP contribution in [0.3, 0.4) is 0 Å². The summed E-state index contributed by atoms with van der Waals surface area (Å²) in [6.07, 6.45) is 1.49. The van der Waals surface area contributed by atoms with Crippen molar-refractivity contribution >= 4 is 58.1 Å². The largest absolute Gasteiger partial charge is 0.481 e. The van der Waals surface area contributed by atoms with Crippen molar-refractivity contribution in [3.05, 3.63) is 40.2 Å². The third kappa shape index (κ3) is 9.89. The quantitative estimate of drug-likeness (QED) is 0.173. The number of aliphatic carboxylic acids is 1. The van der Waals surface area contributed by atoms with E-state index >= 15 is 0 Å². The Bertz CT molecular complexity index is 1700. The highest BCUT2D eigenvalue weighted by Gasteiger charge is 2.37. The lowest BCUT2D eigenvalue weighted by Crippen LogP contribution is -2.55. The molecular weight excluding hydrogens is 652 g/mol. The molecule has 2 aromatic rings. The van der Waals surface area contributed by atoms with Crippen molar-refractivity contribution in [2.75, 3.05) is 31.5 Å². The van der Waals surface area contributed by atoms with Crippen LogP contribution >= 0.6 is 0 Å². The summed E-state index contributed by atoms with van der Waals surface area (Å²) in [6, 6.07) is 3.70. The van der Waals surface area contributed by atoms with Crippen molar-refractivity contribution in [3.8, 4) is 0 Å². The summed E-state index contributed by atoms with van der Waals surface area (Å²) >= 11 is 0. The Morgan fingerprint density at radius 3 is 2.12 bits per heavy atom. The first-order valence-corrected chi connectivity index (χ1v) is 16.7. The van der Waals surface area contributed by atoms with Crippen LogP contribution in [0.25, 0.3) is 11.0 Å². The molecule has 2 aliphatic rings. The van der Waals surface area contributed by atoms with E-state index in [1.165, 1.54) is 15.9 Å². The number of carboxylic acids is 1. The third-order valence-electron chi connectivity index (χ3n) is 8.73. The Labute approximate surface area is 288 Å². The minimum atomic E-state index is -1.14. The first-order valence-electron chi connectivity index (χ1n) is 16.7. The van der Waals surface area contributed by atoms with E-state index in [9.17, 15) is 38.4 Å². The molecule has 50 heavy (non-hydrogen) atoms. The number of carboxylic acid groups (broad SMARTS) is 1. The van der Waals surface area contributed by atoms with E-state index in [0.29, 0.717) is 43.5 Å². The minimum absolute atomic E-state index is 0.0113. The van der Waals surface area contributed by atoms with Crippen molar-refractivity contribution < 1.29 is 43.1 Å². The van der Waals surface area contributed by atoms with Gasteiger partial charge in [0.15, 0.2) is 0 Å². The Hall–Kier alpha value is -5.28. The zero-order valence-corrected chi connectivity index (χ0v) is 28.4. The number of carbonyl (C=O) groups is 7.